The number of hydroxylamine groups is 1. The lowest BCUT2D eigenvalue weighted by atomic mass is 10.2. The molecular weight excluding hydrogens is 200 g/mol. The number of benzene rings is 1. The van der Waals surface area contributed by atoms with Gasteiger partial charge in [-0.1, -0.05) is 36.4 Å². The molecule has 0 saturated carbocycles. The molecule has 0 bridgehead atoms. The smallest absolute Gasteiger partial charge is 0.0933 e. The van der Waals surface area contributed by atoms with Gasteiger partial charge in [-0.25, -0.2) is 0 Å². The fourth-order valence-electron chi connectivity index (χ4n) is 1.34. The standard InChI is InChI=1S/C13H14N2O/c1-2-6-12(7-3-1)11-16-15-10-13-8-4-5-9-14-13/h1-9,15H,10-11H2. The SMILES string of the molecule is c1ccc(CONCc2ccccn2)cc1. The second-order valence-corrected chi connectivity index (χ2v) is 3.42. The van der Waals surface area contributed by atoms with E-state index < -0.39 is 0 Å². The molecule has 3 nitrogen and oxygen atoms in total. The van der Waals surface area contributed by atoms with E-state index >= 15 is 0 Å². The van der Waals surface area contributed by atoms with E-state index in [4.69, 9.17) is 4.84 Å². The van der Waals surface area contributed by atoms with E-state index in [9.17, 15) is 0 Å². The summed E-state index contributed by atoms with van der Waals surface area (Å²) in [5, 5.41) is 0. The minimum absolute atomic E-state index is 0.563. The predicted octanol–water partition coefficient (Wildman–Crippen LogP) is 2.30. The molecule has 0 aliphatic carbocycles. The molecule has 1 heterocycles. The first-order valence-corrected chi connectivity index (χ1v) is 5.23. The van der Waals surface area contributed by atoms with Gasteiger partial charge in [0.25, 0.3) is 0 Å². The molecule has 0 radical (unpaired) electrons. The van der Waals surface area contributed by atoms with Crippen LogP contribution < -0.4 is 5.48 Å². The molecule has 0 spiro atoms. The molecule has 1 aromatic carbocycles. The highest BCUT2D eigenvalue weighted by molar-refractivity contribution is 5.13. The van der Waals surface area contributed by atoms with Gasteiger partial charge in [-0.05, 0) is 17.7 Å². The number of aromatic nitrogens is 1. The Hall–Kier alpha value is -1.71. The van der Waals surface area contributed by atoms with E-state index in [2.05, 4.69) is 10.5 Å². The molecule has 0 fully saturated rings. The Kier molecular flexibility index (Phi) is 4.05. The average Bonchev–Trinajstić information content (AvgIpc) is 2.37. The molecule has 16 heavy (non-hydrogen) atoms. The zero-order chi connectivity index (χ0) is 11.1. The molecule has 1 N–H and O–H groups in total. The van der Waals surface area contributed by atoms with Gasteiger partial charge in [0, 0.05) is 6.20 Å². The Bertz CT molecular complexity index is 361. The third-order valence-corrected chi connectivity index (χ3v) is 2.16. The molecule has 0 saturated heterocycles. The molecule has 0 atom stereocenters. The van der Waals surface area contributed by atoms with E-state index in [1.165, 1.54) is 0 Å². The van der Waals surface area contributed by atoms with Gasteiger partial charge in [-0.15, -0.1) is 0 Å². The molecule has 3 heteroatoms. The first-order chi connectivity index (χ1) is 7.95. The van der Waals surface area contributed by atoms with Crippen molar-refractivity contribution in [3.8, 4) is 0 Å². The summed E-state index contributed by atoms with van der Waals surface area (Å²) in [6.45, 7) is 1.18. The lowest BCUT2D eigenvalue weighted by Gasteiger charge is -2.05. The van der Waals surface area contributed by atoms with Crippen molar-refractivity contribution in [2.24, 2.45) is 0 Å². The minimum atomic E-state index is 0.563. The van der Waals surface area contributed by atoms with E-state index in [-0.39, 0.29) is 0 Å². The molecule has 0 aliphatic heterocycles. The van der Waals surface area contributed by atoms with Crippen molar-refractivity contribution in [2.45, 2.75) is 13.2 Å². The van der Waals surface area contributed by atoms with Crippen molar-refractivity contribution in [3.05, 3.63) is 66.0 Å². The molecule has 0 unspecified atom stereocenters. The molecule has 0 amide bonds. The Balaban J connectivity index is 1.70. The molecule has 2 aromatic rings. The quantitative estimate of drug-likeness (QED) is 0.612. The van der Waals surface area contributed by atoms with Gasteiger partial charge >= 0.3 is 0 Å². The number of hydrogen-bond acceptors (Lipinski definition) is 3. The Morgan fingerprint density at radius 2 is 1.81 bits per heavy atom. The van der Waals surface area contributed by atoms with Gasteiger partial charge in [0.15, 0.2) is 0 Å². The van der Waals surface area contributed by atoms with Crippen LogP contribution >= 0.6 is 0 Å². The van der Waals surface area contributed by atoms with E-state index in [0.29, 0.717) is 13.2 Å². The summed E-state index contributed by atoms with van der Waals surface area (Å²) in [5.41, 5.74) is 5.00. The van der Waals surface area contributed by atoms with Gasteiger partial charge < -0.3 is 0 Å². The summed E-state index contributed by atoms with van der Waals surface area (Å²) in [6, 6.07) is 15.9. The normalized spacial score (nSPS) is 10.2. The predicted molar refractivity (Wildman–Crippen MR) is 62.3 cm³/mol. The van der Waals surface area contributed by atoms with E-state index in [0.717, 1.165) is 11.3 Å². The van der Waals surface area contributed by atoms with Crippen molar-refractivity contribution in [1.82, 2.24) is 10.5 Å². The molecule has 2 rings (SSSR count). The van der Waals surface area contributed by atoms with Gasteiger partial charge in [-0.2, -0.15) is 5.48 Å². The van der Waals surface area contributed by atoms with Crippen LogP contribution in [0.2, 0.25) is 0 Å². The van der Waals surface area contributed by atoms with Crippen molar-refractivity contribution in [1.29, 1.82) is 0 Å². The van der Waals surface area contributed by atoms with Crippen molar-refractivity contribution >= 4 is 0 Å². The van der Waals surface area contributed by atoms with Gasteiger partial charge in [-0.3, -0.25) is 9.82 Å². The summed E-state index contributed by atoms with van der Waals surface area (Å²) in [6.07, 6.45) is 1.77. The maximum Gasteiger partial charge on any atom is 0.0933 e. The van der Waals surface area contributed by atoms with Crippen molar-refractivity contribution in [3.63, 3.8) is 0 Å². The molecule has 0 aliphatic rings. The van der Waals surface area contributed by atoms with Crippen molar-refractivity contribution in [2.75, 3.05) is 0 Å². The highest BCUT2D eigenvalue weighted by Gasteiger charge is 1.93. The van der Waals surface area contributed by atoms with Crippen LogP contribution in [0.5, 0.6) is 0 Å². The van der Waals surface area contributed by atoms with Crippen molar-refractivity contribution < 1.29 is 4.84 Å². The third kappa shape index (κ3) is 3.46. The number of nitrogens with one attached hydrogen (secondary N) is 1. The summed E-state index contributed by atoms with van der Waals surface area (Å²) in [4.78, 5) is 9.51. The van der Waals surface area contributed by atoms with Crippen LogP contribution in [-0.2, 0) is 18.0 Å². The Labute approximate surface area is 95.1 Å². The largest absolute Gasteiger partial charge is 0.297 e. The van der Waals surface area contributed by atoms with Gasteiger partial charge in [0.05, 0.1) is 18.8 Å². The molecule has 82 valence electrons. The fraction of sp³-hybridized carbons (Fsp3) is 0.154. The Morgan fingerprint density at radius 1 is 1.00 bits per heavy atom. The summed E-state index contributed by atoms with van der Waals surface area (Å²) < 4.78 is 0. The zero-order valence-corrected chi connectivity index (χ0v) is 8.97. The summed E-state index contributed by atoms with van der Waals surface area (Å²) in [7, 11) is 0. The third-order valence-electron chi connectivity index (χ3n) is 2.16. The lowest BCUT2D eigenvalue weighted by molar-refractivity contribution is 0.0228. The zero-order valence-electron chi connectivity index (χ0n) is 8.97. The first-order valence-electron chi connectivity index (χ1n) is 5.23. The van der Waals surface area contributed by atoms with Crippen LogP contribution in [0, 0.1) is 0 Å². The Morgan fingerprint density at radius 3 is 2.56 bits per heavy atom. The van der Waals surface area contributed by atoms with Crippen LogP contribution in [0.4, 0.5) is 0 Å². The monoisotopic (exact) mass is 214 g/mol. The van der Waals surface area contributed by atoms with Crippen LogP contribution in [-0.4, -0.2) is 4.98 Å². The highest BCUT2D eigenvalue weighted by Crippen LogP contribution is 1.99. The van der Waals surface area contributed by atoms with Gasteiger partial charge in [0.1, 0.15) is 0 Å². The molecule has 1 aromatic heterocycles. The maximum atomic E-state index is 5.33. The van der Waals surface area contributed by atoms with Gasteiger partial charge in [0.2, 0.25) is 0 Å². The maximum absolute atomic E-state index is 5.33. The number of nitrogens with zero attached hydrogens (tertiary/aromatic N) is 1. The fourth-order valence-corrected chi connectivity index (χ4v) is 1.34. The first kappa shape index (κ1) is 10.8. The average molecular weight is 214 g/mol. The van der Waals surface area contributed by atoms with E-state index in [1.54, 1.807) is 6.20 Å². The van der Waals surface area contributed by atoms with Crippen LogP contribution in [0.1, 0.15) is 11.3 Å². The second kappa shape index (κ2) is 6.00. The van der Waals surface area contributed by atoms with Crippen LogP contribution in [0.3, 0.4) is 0 Å². The summed E-state index contributed by atoms with van der Waals surface area (Å²) >= 11 is 0. The minimum Gasteiger partial charge on any atom is -0.297 e. The van der Waals surface area contributed by atoms with Crippen LogP contribution in [0.15, 0.2) is 54.7 Å². The summed E-state index contributed by atoms with van der Waals surface area (Å²) in [5.74, 6) is 0. The highest BCUT2D eigenvalue weighted by atomic mass is 16.6. The van der Waals surface area contributed by atoms with E-state index in [1.807, 2.05) is 48.5 Å². The number of rotatable bonds is 5. The number of hydrogen-bond donors (Lipinski definition) is 1. The number of pyridine rings is 1. The second-order valence-electron chi connectivity index (χ2n) is 3.42. The topological polar surface area (TPSA) is 34.1 Å². The molecular formula is C13H14N2O. The van der Waals surface area contributed by atoms with Crippen LogP contribution in [0.25, 0.3) is 0 Å². The lowest BCUT2D eigenvalue weighted by Crippen LogP contribution is -2.14.